The first kappa shape index (κ1) is 26.7. The molecule has 9 nitrogen and oxygen atoms in total. The summed E-state index contributed by atoms with van der Waals surface area (Å²) in [6.07, 6.45) is 4.82. The number of thiophene rings is 1. The smallest absolute Gasteiger partial charge is 0.343 e. The van der Waals surface area contributed by atoms with Gasteiger partial charge in [0.1, 0.15) is 10.8 Å². The highest BCUT2D eigenvalue weighted by molar-refractivity contribution is 7.17. The minimum atomic E-state index is -0.996. The third-order valence-electron chi connectivity index (χ3n) is 5.90. The Hall–Kier alpha value is -4.31. The number of benzene rings is 2. The summed E-state index contributed by atoms with van der Waals surface area (Å²) in [5, 5.41) is 6.68. The zero-order valence-electron chi connectivity index (χ0n) is 21.0. The Morgan fingerprint density at radius 1 is 1.00 bits per heavy atom. The zero-order valence-corrected chi connectivity index (χ0v) is 21.9. The van der Waals surface area contributed by atoms with Gasteiger partial charge in [-0.2, -0.15) is 5.10 Å². The van der Waals surface area contributed by atoms with Crippen LogP contribution in [0.2, 0.25) is 0 Å². The Kier molecular flexibility index (Phi) is 8.65. The van der Waals surface area contributed by atoms with Crippen LogP contribution >= 0.6 is 11.3 Å². The van der Waals surface area contributed by atoms with Crippen LogP contribution in [0.1, 0.15) is 62.0 Å². The van der Waals surface area contributed by atoms with Crippen molar-refractivity contribution in [1.29, 1.82) is 0 Å². The highest BCUT2D eigenvalue weighted by Crippen LogP contribution is 2.38. The monoisotopic (exact) mass is 533 g/mol. The molecule has 1 aromatic heterocycles. The molecule has 1 aliphatic rings. The maximum atomic E-state index is 12.5. The average molecular weight is 534 g/mol. The number of esters is 2. The Morgan fingerprint density at radius 2 is 1.79 bits per heavy atom. The summed E-state index contributed by atoms with van der Waals surface area (Å²) in [6.45, 7) is 3.74. The van der Waals surface area contributed by atoms with Gasteiger partial charge in [-0.05, 0) is 74.4 Å². The third-order valence-corrected chi connectivity index (χ3v) is 7.10. The van der Waals surface area contributed by atoms with Crippen molar-refractivity contribution >= 4 is 46.3 Å². The summed E-state index contributed by atoms with van der Waals surface area (Å²) in [6, 6.07) is 13.7. The van der Waals surface area contributed by atoms with Crippen molar-refractivity contribution in [3.8, 4) is 5.75 Å². The number of ether oxygens (including phenoxy) is 2. The normalized spacial score (nSPS) is 12.5. The molecule has 0 saturated carbocycles. The summed E-state index contributed by atoms with van der Waals surface area (Å²) in [4.78, 5) is 50.9. The number of hydrogen-bond donors (Lipinski definition) is 2. The molecule has 0 saturated heterocycles. The second-order valence-corrected chi connectivity index (χ2v) is 9.67. The van der Waals surface area contributed by atoms with E-state index in [0.717, 1.165) is 41.7 Å². The standard InChI is InChI=1S/C28H27N3O6S/c1-3-36-28(35)23-21-13-6-7-14-22(21)38-26(23)30-24(32)25(33)31-29-16-18-10-8-11-19(15-18)37-27(34)20-12-5-4-9-17(20)2/h4-5,8-12,15-16H,3,6-7,13-14H2,1-2H3,(H,30,32)(H,31,33)/b29-16+. The van der Waals surface area contributed by atoms with E-state index in [2.05, 4.69) is 15.8 Å². The zero-order chi connectivity index (χ0) is 27.1. The Morgan fingerprint density at radius 3 is 2.58 bits per heavy atom. The van der Waals surface area contributed by atoms with Crippen molar-refractivity contribution in [3.63, 3.8) is 0 Å². The molecule has 3 aromatic rings. The van der Waals surface area contributed by atoms with Crippen LogP contribution in [0.25, 0.3) is 0 Å². The predicted octanol–water partition coefficient (Wildman–Crippen LogP) is 4.42. The number of nitrogens with zero attached hydrogens (tertiary/aromatic N) is 1. The molecule has 2 aromatic carbocycles. The number of fused-ring (bicyclic) bond motifs is 1. The molecule has 0 bridgehead atoms. The SMILES string of the molecule is CCOC(=O)c1c(NC(=O)C(=O)N/N=C/c2cccc(OC(=O)c3ccccc3C)c2)sc2c1CCCC2. The number of hydrogen-bond acceptors (Lipinski definition) is 8. The number of carbonyl (C=O) groups is 4. The van der Waals surface area contributed by atoms with Crippen molar-refractivity contribution in [2.45, 2.75) is 39.5 Å². The van der Waals surface area contributed by atoms with Gasteiger partial charge in [-0.25, -0.2) is 15.0 Å². The van der Waals surface area contributed by atoms with E-state index < -0.39 is 23.8 Å². The van der Waals surface area contributed by atoms with Crippen LogP contribution in [0.3, 0.4) is 0 Å². The molecule has 1 aliphatic carbocycles. The lowest BCUT2D eigenvalue weighted by Crippen LogP contribution is -2.32. The summed E-state index contributed by atoms with van der Waals surface area (Å²) in [5.41, 5.74) is 5.19. The highest BCUT2D eigenvalue weighted by Gasteiger charge is 2.28. The molecule has 0 aliphatic heterocycles. The molecule has 10 heteroatoms. The predicted molar refractivity (Wildman–Crippen MR) is 144 cm³/mol. The summed E-state index contributed by atoms with van der Waals surface area (Å²) < 4.78 is 10.6. The molecule has 2 amide bonds. The van der Waals surface area contributed by atoms with Crippen LogP contribution in [-0.2, 0) is 27.2 Å². The van der Waals surface area contributed by atoms with E-state index >= 15 is 0 Å². The Labute approximate surface area is 223 Å². The number of aryl methyl sites for hydroxylation is 2. The maximum Gasteiger partial charge on any atom is 0.343 e. The molecule has 4 rings (SSSR count). The number of rotatable bonds is 7. The molecular formula is C28H27N3O6S. The van der Waals surface area contributed by atoms with Crippen LogP contribution in [0.5, 0.6) is 5.75 Å². The van der Waals surface area contributed by atoms with Crippen molar-refractivity contribution in [1.82, 2.24) is 5.43 Å². The van der Waals surface area contributed by atoms with E-state index in [-0.39, 0.29) is 6.61 Å². The lowest BCUT2D eigenvalue weighted by molar-refractivity contribution is -0.136. The van der Waals surface area contributed by atoms with Gasteiger partial charge < -0.3 is 14.8 Å². The molecule has 196 valence electrons. The van der Waals surface area contributed by atoms with Crippen LogP contribution in [0.15, 0.2) is 53.6 Å². The molecule has 2 N–H and O–H groups in total. The van der Waals surface area contributed by atoms with E-state index in [0.29, 0.717) is 27.4 Å². The van der Waals surface area contributed by atoms with Gasteiger partial charge in [-0.1, -0.05) is 30.3 Å². The van der Waals surface area contributed by atoms with Crippen LogP contribution in [-0.4, -0.2) is 36.6 Å². The number of nitrogens with one attached hydrogen (secondary N) is 2. The number of amides is 2. The topological polar surface area (TPSA) is 123 Å². The van der Waals surface area contributed by atoms with Crippen molar-refractivity contribution in [2.75, 3.05) is 11.9 Å². The largest absolute Gasteiger partial charge is 0.462 e. The van der Waals surface area contributed by atoms with Crippen molar-refractivity contribution in [3.05, 3.63) is 81.2 Å². The van der Waals surface area contributed by atoms with Gasteiger partial charge >= 0.3 is 23.8 Å². The van der Waals surface area contributed by atoms with Gasteiger partial charge in [0, 0.05) is 4.88 Å². The van der Waals surface area contributed by atoms with Crippen LogP contribution < -0.4 is 15.5 Å². The Bertz CT molecular complexity index is 1410. The van der Waals surface area contributed by atoms with Crippen molar-refractivity contribution in [2.24, 2.45) is 5.10 Å². The van der Waals surface area contributed by atoms with Gasteiger partial charge in [0.15, 0.2) is 0 Å². The number of anilines is 1. The van der Waals surface area contributed by atoms with Gasteiger partial charge in [0.25, 0.3) is 0 Å². The second-order valence-electron chi connectivity index (χ2n) is 8.57. The van der Waals surface area contributed by atoms with E-state index in [1.165, 1.54) is 17.6 Å². The van der Waals surface area contributed by atoms with Crippen LogP contribution in [0, 0.1) is 6.92 Å². The summed E-state index contributed by atoms with van der Waals surface area (Å²) in [7, 11) is 0. The first-order chi connectivity index (χ1) is 18.4. The number of hydrazone groups is 1. The molecule has 1 heterocycles. The quantitative estimate of drug-likeness (QED) is 0.152. The lowest BCUT2D eigenvalue weighted by Gasteiger charge is -2.12. The first-order valence-corrected chi connectivity index (χ1v) is 13.0. The lowest BCUT2D eigenvalue weighted by atomic mass is 9.95. The molecule has 0 unspecified atom stereocenters. The van der Waals surface area contributed by atoms with E-state index in [1.54, 1.807) is 43.3 Å². The van der Waals surface area contributed by atoms with Gasteiger partial charge in [-0.3, -0.25) is 9.59 Å². The van der Waals surface area contributed by atoms with E-state index in [1.807, 2.05) is 19.1 Å². The highest BCUT2D eigenvalue weighted by atomic mass is 32.1. The first-order valence-electron chi connectivity index (χ1n) is 12.2. The van der Waals surface area contributed by atoms with E-state index in [9.17, 15) is 19.2 Å². The molecule has 0 spiro atoms. The fraction of sp³-hybridized carbons (Fsp3) is 0.250. The fourth-order valence-electron chi connectivity index (χ4n) is 4.07. The van der Waals surface area contributed by atoms with Gasteiger partial charge in [-0.15, -0.1) is 11.3 Å². The van der Waals surface area contributed by atoms with Gasteiger partial charge in [0.05, 0.1) is 23.9 Å². The molecular weight excluding hydrogens is 506 g/mol. The van der Waals surface area contributed by atoms with Gasteiger partial charge in [0.2, 0.25) is 0 Å². The third kappa shape index (κ3) is 6.33. The molecule has 0 atom stereocenters. The fourth-order valence-corrected chi connectivity index (χ4v) is 5.34. The van der Waals surface area contributed by atoms with Crippen molar-refractivity contribution < 1.29 is 28.7 Å². The summed E-state index contributed by atoms with van der Waals surface area (Å²) >= 11 is 1.30. The second kappa shape index (κ2) is 12.3. The minimum absolute atomic E-state index is 0.207. The number of carbonyl (C=O) groups excluding carboxylic acids is 4. The average Bonchev–Trinajstić information content (AvgIpc) is 3.27. The molecule has 38 heavy (non-hydrogen) atoms. The minimum Gasteiger partial charge on any atom is -0.462 e. The van der Waals surface area contributed by atoms with Crippen LogP contribution in [0.4, 0.5) is 5.00 Å². The summed E-state index contributed by atoms with van der Waals surface area (Å²) in [5.74, 6) is -2.64. The van der Waals surface area contributed by atoms with E-state index in [4.69, 9.17) is 9.47 Å². The maximum absolute atomic E-state index is 12.5. The molecule has 0 fully saturated rings. The Balaban J connectivity index is 1.38. The molecule has 0 radical (unpaired) electrons.